The first-order valence-electron chi connectivity index (χ1n) is 6.21. The molecule has 2 N–H and O–H groups in total. The van der Waals surface area contributed by atoms with Gasteiger partial charge in [0.25, 0.3) is 5.82 Å². The number of alkyl halides is 3. The maximum absolute atomic E-state index is 12.3. The van der Waals surface area contributed by atoms with Crippen molar-refractivity contribution in [3.05, 3.63) is 23.9 Å². The van der Waals surface area contributed by atoms with Crippen LogP contribution in [-0.4, -0.2) is 49.3 Å². The van der Waals surface area contributed by atoms with E-state index >= 15 is 0 Å². The summed E-state index contributed by atoms with van der Waals surface area (Å²) in [5, 5.41) is 11.6. The molecule has 1 saturated heterocycles. The van der Waals surface area contributed by atoms with E-state index in [-0.39, 0.29) is 18.4 Å². The number of urea groups is 1. The molecule has 1 aliphatic heterocycles. The molecule has 3 heterocycles. The molecule has 1 aliphatic rings. The first-order chi connectivity index (χ1) is 10.4. The van der Waals surface area contributed by atoms with E-state index in [2.05, 4.69) is 35.2 Å². The number of nitrogens with zero attached hydrogens (tertiary/aromatic N) is 5. The number of aromatic amines is 1. The van der Waals surface area contributed by atoms with Crippen LogP contribution in [0.3, 0.4) is 0 Å². The maximum Gasteiger partial charge on any atom is 0.455 e. The SMILES string of the molecule is O=C(NCc1nc(C(F)(F)F)no1)N1CC(c2ncn[nH]2)C1. The van der Waals surface area contributed by atoms with Crippen LogP contribution in [0, 0.1) is 0 Å². The fraction of sp³-hybridized carbons (Fsp3) is 0.500. The number of rotatable bonds is 3. The van der Waals surface area contributed by atoms with Gasteiger partial charge in [-0.2, -0.15) is 23.3 Å². The average molecular weight is 317 g/mol. The summed E-state index contributed by atoms with van der Waals surface area (Å²) in [5.74, 6) is -0.914. The zero-order valence-corrected chi connectivity index (χ0v) is 11.0. The lowest BCUT2D eigenvalue weighted by Gasteiger charge is -2.37. The molecule has 118 valence electrons. The summed E-state index contributed by atoms with van der Waals surface area (Å²) >= 11 is 0. The van der Waals surface area contributed by atoms with Gasteiger partial charge in [-0.25, -0.2) is 9.78 Å². The lowest BCUT2D eigenvalue weighted by atomic mass is 10.0. The van der Waals surface area contributed by atoms with Crippen LogP contribution in [0.1, 0.15) is 23.5 Å². The number of H-pyrrole nitrogens is 1. The molecule has 22 heavy (non-hydrogen) atoms. The summed E-state index contributed by atoms with van der Waals surface area (Å²) in [4.78, 5) is 20.4. The Morgan fingerprint density at radius 1 is 1.50 bits per heavy atom. The van der Waals surface area contributed by atoms with Crippen molar-refractivity contribution < 1.29 is 22.5 Å². The minimum atomic E-state index is -4.67. The quantitative estimate of drug-likeness (QED) is 0.853. The lowest BCUT2D eigenvalue weighted by molar-refractivity contribution is -0.146. The highest BCUT2D eigenvalue weighted by molar-refractivity contribution is 5.75. The molecule has 0 aliphatic carbocycles. The smallest absolute Gasteiger partial charge is 0.337 e. The molecular weight excluding hydrogens is 307 g/mol. The average Bonchev–Trinajstić information content (AvgIpc) is 3.05. The predicted octanol–water partition coefficient (Wildman–Crippen LogP) is 0.515. The van der Waals surface area contributed by atoms with Gasteiger partial charge >= 0.3 is 12.2 Å². The van der Waals surface area contributed by atoms with Crippen LogP contribution in [0.2, 0.25) is 0 Å². The molecule has 0 spiro atoms. The second kappa shape index (κ2) is 5.27. The Morgan fingerprint density at radius 3 is 2.86 bits per heavy atom. The Balaban J connectivity index is 1.46. The van der Waals surface area contributed by atoms with Crippen molar-refractivity contribution in [1.29, 1.82) is 0 Å². The maximum atomic E-state index is 12.3. The van der Waals surface area contributed by atoms with Crippen LogP contribution >= 0.6 is 0 Å². The van der Waals surface area contributed by atoms with Gasteiger partial charge in [0, 0.05) is 13.1 Å². The number of amides is 2. The molecule has 0 aromatic carbocycles. The molecule has 12 heteroatoms. The standard InChI is InChI=1S/C10H10F3N7O2/c11-10(12,13)8-17-6(22-19-8)1-14-9(21)20-2-5(3-20)7-15-4-16-18-7/h4-5H,1-3H2,(H,14,21)(H,15,16,18). The van der Waals surface area contributed by atoms with Crippen LogP contribution in [0.25, 0.3) is 0 Å². The molecule has 2 aromatic rings. The van der Waals surface area contributed by atoms with Crippen molar-refractivity contribution in [2.24, 2.45) is 0 Å². The number of hydrogen-bond donors (Lipinski definition) is 2. The highest BCUT2D eigenvalue weighted by Gasteiger charge is 2.37. The third-order valence-corrected chi connectivity index (χ3v) is 3.10. The molecule has 3 rings (SSSR count). The number of carbonyl (C=O) groups excluding carboxylic acids is 1. The zero-order valence-electron chi connectivity index (χ0n) is 11.0. The molecule has 2 amide bonds. The Bertz CT molecular complexity index is 648. The summed E-state index contributed by atoms with van der Waals surface area (Å²) in [6, 6.07) is -0.428. The number of likely N-dealkylation sites (tertiary alicyclic amines) is 1. The van der Waals surface area contributed by atoms with Crippen LogP contribution in [-0.2, 0) is 12.7 Å². The molecule has 9 nitrogen and oxygen atoms in total. The number of hydrogen-bond acceptors (Lipinski definition) is 6. The molecule has 0 radical (unpaired) electrons. The summed E-state index contributed by atoms with van der Waals surface area (Å²) in [5.41, 5.74) is 0. The van der Waals surface area contributed by atoms with E-state index in [0.29, 0.717) is 18.9 Å². The van der Waals surface area contributed by atoms with E-state index in [1.807, 2.05) is 0 Å². The van der Waals surface area contributed by atoms with E-state index in [9.17, 15) is 18.0 Å². The summed E-state index contributed by atoms with van der Waals surface area (Å²) in [6.07, 6.45) is -3.29. The molecule has 2 aromatic heterocycles. The van der Waals surface area contributed by atoms with Crippen molar-refractivity contribution in [3.63, 3.8) is 0 Å². The topological polar surface area (TPSA) is 113 Å². The molecular formula is C10H10F3N7O2. The van der Waals surface area contributed by atoms with Crippen molar-refractivity contribution in [2.45, 2.75) is 18.6 Å². The number of nitrogens with one attached hydrogen (secondary N) is 2. The predicted molar refractivity (Wildman–Crippen MR) is 62.2 cm³/mol. The van der Waals surface area contributed by atoms with E-state index in [1.165, 1.54) is 11.2 Å². The van der Waals surface area contributed by atoms with Crippen molar-refractivity contribution >= 4 is 6.03 Å². The Kier molecular flexibility index (Phi) is 3.42. The van der Waals surface area contributed by atoms with Crippen LogP contribution in [0.15, 0.2) is 10.9 Å². The fourth-order valence-corrected chi connectivity index (χ4v) is 1.93. The lowest BCUT2D eigenvalue weighted by Crippen LogP contribution is -2.52. The Hall–Kier alpha value is -2.66. The highest BCUT2D eigenvalue weighted by Crippen LogP contribution is 2.26. The summed E-state index contributed by atoms with van der Waals surface area (Å²) in [7, 11) is 0. The second-order valence-electron chi connectivity index (χ2n) is 4.64. The molecule has 0 atom stereocenters. The fourth-order valence-electron chi connectivity index (χ4n) is 1.93. The van der Waals surface area contributed by atoms with Gasteiger partial charge in [0.05, 0.1) is 12.5 Å². The van der Waals surface area contributed by atoms with Gasteiger partial charge in [-0.3, -0.25) is 5.10 Å². The Morgan fingerprint density at radius 2 is 2.27 bits per heavy atom. The van der Waals surface area contributed by atoms with E-state index < -0.39 is 18.0 Å². The Labute approximate surface area is 120 Å². The summed E-state index contributed by atoms with van der Waals surface area (Å²) in [6.45, 7) is 0.614. The van der Waals surface area contributed by atoms with E-state index in [4.69, 9.17) is 0 Å². The van der Waals surface area contributed by atoms with Gasteiger partial charge in [0.1, 0.15) is 12.2 Å². The number of halogens is 3. The van der Waals surface area contributed by atoms with Crippen molar-refractivity contribution in [1.82, 2.24) is 35.5 Å². The first-order valence-corrected chi connectivity index (χ1v) is 6.21. The van der Waals surface area contributed by atoms with Crippen LogP contribution in [0.4, 0.5) is 18.0 Å². The summed E-state index contributed by atoms with van der Waals surface area (Å²) < 4.78 is 41.2. The zero-order chi connectivity index (χ0) is 15.7. The second-order valence-corrected chi connectivity index (χ2v) is 4.64. The largest absolute Gasteiger partial charge is 0.455 e. The van der Waals surface area contributed by atoms with Crippen LogP contribution in [0.5, 0.6) is 0 Å². The minimum absolute atomic E-state index is 0.0773. The van der Waals surface area contributed by atoms with Crippen LogP contribution < -0.4 is 5.32 Å². The van der Waals surface area contributed by atoms with Gasteiger partial charge in [0.15, 0.2) is 0 Å². The minimum Gasteiger partial charge on any atom is -0.337 e. The van der Waals surface area contributed by atoms with Crippen molar-refractivity contribution in [3.8, 4) is 0 Å². The third kappa shape index (κ3) is 2.84. The van der Waals surface area contributed by atoms with E-state index in [0.717, 1.165) is 0 Å². The monoisotopic (exact) mass is 317 g/mol. The molecule has 0 unspecified atom stereocenters. The van der Waals surface area contributed by atoms with Gasteiger partial charge in [-0.05, 0) is 0 Å². The van der Waals surface area contributed by atoms with E-state index in [1.54, 1.807) is 0 Å². The normalized spacial score (nSPS) is 15.7. The molecule has 0 bridgehead atoms. The number of carbonyl (C=O) groups is 1. The van der Waals surface area contributed by atoms with Gasteiger partial charge < -0.3 is 14.7 Å². The highest BCUT2D eigenvalue weighted by atomic mass is 19.4. The van der Waals surface area contributed by atoms with Gasteiger partial charge in [-0.15, -0.1) is 0 Å². The number of aromatic nitrogens is 5. The van der Waals surface area contributed by atoms with Gasteiger partial charge in [0.2, 0.25) is 5.89 Å². The van der Waals surface area contributed by atoms with Gasteiger partial charge in [-0.1, -0.05) is 5.16 Å². The first kappa shape index (κ1) is 14.3. The van der Waals surface area contributed by atoms with Crippen molar-refractivity contribution in [2.75, 3.05) is 13.1 Å². The molecule has 1 fully saturated rings. The third-order valence-electron chi connectivity index (χ3n) is 3.10. The molecule has 0 saturated carbocycles.